The molecule has 0 spiro atoms. The molecule has 0 saturated carbocycles. The highest BCUT2D eigenvalue weighted by Crippen LogP contribution is 2.18. The SMILES string of the molecule is O=C(Cn1c(=O)oc2ccccc21)N1CCCC(Oc2ncc(Br)cn2)C1. The number of rotatable bonds is 4. The third kappa shape index (κ3) is 3.87. The summed E-state index contributed by atoms with van der Waals surface area (Å²) in [4.78, 5) is 34.7. The molecule has 3 heterocycles. The molecule has 0 bridgehead atoms. The van der Waals surface area contributed by atoms with Crippen LogP contribution in [0.15, 0.2) is 50.3 Å². The fourth-order valence-corrected chi connectivity index (χ4v) is 3.37. The number of ether oxygens (including phenoxy) is 1. The number of hydrogen-bond donors (Lipinski definition) is 0. The Morgan fingerprint density at radius 1 is 1.30 bits per heavy atom. The van der Waals surface area contributed by atoms with E-state index in [2.05, 4.69) is 25.9 Å². The van der Waals surface area contributed by atoms with Gasteiger partial charge in [0.2, 0.25) is 5.91 Å². The minimum Gasteiger partial charge on any atom is -0.458 e. The number of halogens is 1. The molecule has 27 heavy (non-hydrogen) atoms. The largest absolute Gasteiger partial charge is 0.458 e. The molecular weight excluding hydrogens is 416 g/mol. The molecule has 1 amide bonds. The monoisotopic (exact) mass is 432 g/mol. The molecule has 1 atom stereocenters. The van der Waals surface area contributed by atoms with Crippen LogP contribution in [0.1, 0.15) is 12.8 Å². The highest BCUT2D eigenvalue weighted by molar-refractivity contribution is 9.10. The van der Waals surface area contributed by atoms with Gasteiger partial charge in [0.1, 0.15) is 12.6 Å². The first-order valence-corrected chi connectivity index (χ1v) is 9.40. The molecule has 4 rings (SSSR count). The second-order valence-electron chi connectivity index (χ2n) is 6.33. The molecule has 140 valence electrons. The van der Waals surface area contributed by atoms with Crippen LogP contribution in [0, 0.1) is 0 Å². The van der Waals surface area contributed by atoms with Gasteiger partial charge in [0.05, 0.1) is 16.5 Å². The summed E-state index contributed by atoms with van der Waals surface area (Å²) < 4.78 is 13.1. The zero-order chi connectivity index (χ0) is 18.8. The van der Waals surface area contributed by atoms with Gasteiger partial charge >= 0.3 is 11.8 Å². The van der Waals surface area contributed by atoms with Crippen molar-refractivity contribution < 1.29 is 13.9 Å². The van der Waals surface area contributed by atoms with Gasteiger partial charge in [0.25, 0.3) is 0 Å². The van der Waals surface area contributed by atoms with Crippen molar-refractivity contribution in [2.75, 3.05) is 13.1 Å². The number of para-hydroxylation sites is 2. The Morgan fingerprint density at radius 3 is 2.89 bits per heavy atom. The number of piperidine rings is 1. The molecule has 1 aliphatic heterocycles. The zero-order valence-electron chi connectivity index (χ0n) is 14.4. The van der Waals surface area contributed by atoms with Crippen LogP contribution in [-0.4, -0.2) is 44.5 Å². The van der Waals surface area contributed by atoms with Crippen molar-refractivity contribution in [3.63, 3.8) is 0 Å². The van der Waals surface area contributed by atoms with Crippen molar-refractivity contribution in [2.45, 2.75) is 25.5 Å². The summed E-state index contributed by atoms with van der Waals surface area (Å²) in [6, 6.07) is 7.35. The van der Waals surface area contributed by atoms with E-state index >= 15 is 0 Å². The maximum Gasteiger partial charge on any atom is 0.420 e. The normalized spacial score (nSPS) is 17.2. The van der Waals surface area contributed by atoms with Crippen LogP contribution in [0.4, 0.5) is 0 Å². The second-order valence-corrected chi connectivity index (χ2v) is 7.24. The minimum absolute atomic E-state index is 0.0582. The first-order chi connectivity index (χ1) is 13.1. The molecule has 8 nitrogen and oxygen atoms in total. The van der Waals surface area contributed by atoms with Crippen LogP contribution in [0.3, 0.4) is 0 Å². The third-order valence-corrected chi connectivity index (χ3v) is 4.88. The van der Waals surface area contributed by atoms with E-state index in [0.29, 0.717) is 24.2 Å². The van der Waals surface area contributed by atoms with Gasteiger partial charge in [-0.1, -0.05) is 12.1 Å². The van der Waals surface area contributed by atoms with Crippen molar-refractivity contribution in [1.29, 1.82) is 0 Å². The number of amides is 1. The molecule has 1 aromatic carbocycles. The van der Waals surface area contributed by atoms with Crippen molar-refractivity contribution in [3.05, 3.63) is 51.7 Å². The number of nitrogens with zero attached hydrogens (tertiary/aromatic N) is 4. The van der Waals surface area contributed by atoms with Gasteiger partial charge in [-0.2, -0.15) is 0 Å². The average Bonchev–Trinajstić information content (AvgIpc) is 2.99. The number of carbonyl (C=O) groups is 1. The lowest BCUT2D eigenvalue weighted by Gasteiger charge is -2.32. The summed E-state index contributed by atoms with van der Waals surface area (Å²) in [6.45, 7) is 1.00. The predicted molar refractivity (Wildman–Crippen MR) is 100 cm³/mol. The topological polar surface area (TPSA) is 90.5 Å². The number of likely N-dealkylation sites (tertiary alicyclic amines) is 1. The van der Waals surface area contributed by atoms with Gasteiger partial charge < -0.3 is 14.1 Å². The highest BCUT2D eigenvalue weighted by Gasteiger charge is 2.26. The number of aromatic nitrogens is 3. The number of carbonyl (C=O) groups excluding carboxylic acids is 1. The molecule has 1 fully saturated rings. The minimum atomic E-state index is -0.530. The second kappa shape index (κ2) is 7.51. The first-order valence-electron chi connectivity index (χ1n) is 8.60. The Balaban J connectivity index is 1.44. The van der Waals surface area contributed by atoms with Crippen molar-refractivity contribution in [1.82, 2.24) is 19.4 Å². The Bertz CT molecular complexity index is 1010. The molecule has 9 heteroatoms. The van der Waals surface area contributed by atoms with Gasteiger partial charge in [-0.15, -0.1) is 0 Å². The van der Waals surface area contributed by atoms with E-state index in [-0.39, 0.29) is 24.6 Å². The number of fused-ring (bicyclic) bond motifs is 1. The van der Waals surface area contributed by atoms with E-state index in [9.17, 15) is 9.59 Å². The fourth-order valence-electron chi connectivity index (χ4n) is 3.17. The molecule has 0 radical (unpaired) electrons. The van der Waals surface area contributed by atoms with E-state index < -0.39 is 5.76 Å². The van der Waals surface area contributed by atoms with Crippen LogP contribution < -0.4 is 10.5 Å². The van der Waals surface area contributed by atoms with Gasteiger partial charge in [-0.25, -0.2) is 14.8 Å². The van der Waals surface area contributed by atoms with E-state index in [4.69, 9.17) is 9.15 Å². The standard InChI is InChI=1S/C18H17BrN4O4/c19-12-8-20-17(21-9-12)26-13-4-3-7-22(10-13)16(24)11-23-14-5-1-2-6-15(14)27-18(23)25/h1-2,5-6,8-9,13H,3-4,7,10-11H2. The smallest absolute Gasteiger partial charge is 0.420 e. The van der Waals surface area contributed by atoms with Crippen molar-refractivity contribution in [3.8, 4) is 6.01 Å². The third-order valence-electron chi connectivity index (χ3n) is 4.47. The molecule has 1 aliphatic rings. The maximum absolute atomic E-state index is 12.7. The molecule has 0 aliphatic carbocycles. The first kappa shape index (κ1) is 17.7. The lowest BCUT2D eigenvalue weighted by atomic mass is 10.1. The van der Waals surface area contributed by atoms with E-state index in [1.54, 1.807) is 41.6 Å². The Hall–Kier alpha value is -2.68. The Kier molecular flexibility index (Phi) is 4.93. The maximum atomic E-state index is 12.7. The number of oxazole rings is 1. The highest BCUT2D eigenvalue weighted by atomic mass is 79.9. The Morgan fingerprint density at radius 2 is 2.07 bits per heavy atom. The van der Waals surface area contributed by atoms with Crippen molar-refractivity contribution in [2.24, 2.45) is 0 Å². The van der Waals surface area contributed by atoms with Crippen LogP contribution in [-0.2, 0) is 11.3 Å². The lowest BCUT2D eigenvalue weighted by molar-refractivity contribution is -0.134. The van der Waals surface area contributed by atoms with Crippen molar-refractivity contribution >= 4 is 32.9 Å². The molecule has 3 aromatic rings. The predicted octanol–water partition coefficient (Wildman–Crippen LogP) is 2.22. The molecular formula is C18H17BrN4O4. The van der Waals surface area contributed by atoms with E-state index in [1.807, 2.05) is 0 Å². The summed E-state index contributed by atoms with van der Waals surface area (Å²) in [5.74, 6) is -0.675. The summed E-state index contributed by atoms with van der Waals surface area (Å²) in [5.41, 5.74) is 1.09. The molecule has 0 N–H and O–H groups in total. The van der Waals surface area contributed by atoms with Gasteiger partial charge in [0.15, 0.2) is 5.58 Å². The molecule has 1 unspecified atom stereocenters. The van der Waals surface area contributed by atoms with Gasteiger partial charge in [-0.05, 0) is 40.9 Å². The fraction of sp³-hybridized carbons (Fsp3) is 0.333. The number of hydrogen-bond acceptors (Lipinski definition) is 6. The van der Waals surface area contributed by atoms with Crippen LogP contribution >= 0.6 is 15.9 Å². The summed E-state index contributed by atoms with van der Waals surface area (Å²) >= 11 is 3.28. The van der Waals surface area contributed by atoms with Gasteiger partial charge in [0, 0.05) is 18.9 Å². The van der Waals surface area contributed by atoms with Crippen LogP contribution in [0.2, 0.25) is 0 Å². The summed E-state index contributed by atoms with van der Waals surface area (Å²) in [6.07, 6.45) is 4.68. The van der Waals surface area contributed by atoms with Crippen LogP contribution in [0.25, 0.3) is 11.1 Å². The average molecular weight is 433 g/mol. The molecule has 2 aromatic heterocycles. The number of benzene rings is 1. The molecule has 1 saturated heterocycles. The summed E-state index contributed by atoms with van der Waals surface area (Å²) in [7, 11) is 0. The summed E-state index contributed by atoms with van der Waals surface area (Å²) in [5, 5.41) is 0. The van der Waals surface area contributed by atoms with Crippen LogP contribution in [0.5, 0.6) is 6.01 Å². The van der Waals surface area contributed by atoms with E-state index in [1.165, 1.54) is 4.57 Å². The Labute approximate surface area is 162 Å². The zero-order valence-corrected chi connectivity index (χ0v) is 16.0. The van der Waals surface area contributed by atoms with Gasteiger partial charge in [-0.3, -0.25) is 9.36 Å². The van der Waals surface area contributed by atoms with E-state index in [0.717, 1.165) is 17.3 Å². The quantitative estimate of drug-likeness (QED) is 0.627. The lowest BCUT2D eigenvalue weighted by Crippen LogP contribution is -2.46.